The number of fused-ring (bicyclic) bond motifs is 3. The summed E-state index contributed by atoms with van der Waals surface area (Å²) in [6, 6.07) is 7.26. The van der Waals surface area contributed by atoms with E-state index in [1.807, 2.05) is 12.1 Å². The van der Waals surface area contributed by atoms with Crippen molar-refractivity contribution in [3.63, 3.8) is 0 Å². The van der Waals surface area contributed by atoms with E-state index in [9.17, 15) is 9.59 Å². The van der Waals surface area contributed by atoms with Crippen LogP contribution in [0.15, 0.2) is 47.1 Å². The van der Waals surface area contributed by atoms with Gasteiger partial charge in [0.25, 0.3) is 0 Å². The lowest BCUT2D eigenvalue weighted by molar-refractivity contribution is 0.0428. The summed E-state index contributed by atoms with van der Waals surface area (Å²) < 4.78 is 6.85. The van der Waals surface area contributed by atoms with Gasteiger partial charge >= 0.3 is 0 Å². The van der Waals surface area contributed by atoms with Gasteiger partial charge in [-0.3, -0.25) is 9.59 Å². The first kappa shape index (κ1) is 20.5. The first-order valence-electron chi connectivity index (χ1n) is 10.7. The largest absolute Gasteiger partial charge is 0.411 e. The summed E-state index contributed by atoms with van der Waals surface area (Å²) in [5.74, 6) is 0.163. The molecule has 4 rings (SSSR count). The first-order chi connectivity index (χ1) is 13.4. The smallest absolute Gasteiger partial charge is 0.192 e. The number of Topliss-reactive ketones (excluding diaryl/α,β-unsaturated/α-hetero) is 2. The van der Waals surface area contributed by atoms with Crippen molar-refractivity contribution in [1.82, 2.24) is 0 Å². The second-order valence-corrected chi connectivity index (χ2v) is 15.4. The Labute approximate surface area is 175 Å². The third-order valence-corrected chi connectivity index (χ3v) is 12.1. The second kappa shape index (κ2) is 6.61. The fourth-order valence-electron chi connectivity index (χ4n) is 4.93. The summed E-state index contributed by atoms with van der Waals surface area (Å²) in [5.41, 5.74) is 3.72. The van der Waals surface area contributed by atoms with E-state index in [4.69, 9.17) is 4.43 Å². The van der Waals surface area contributed by atoms with E-state index < -0.39 is 8.32 Å². The Hall–Kier alpha value is -1.78. The van der Waals surface area contributed by atoms with Gasteiger partial charge in [-0.1, -0.05) is 56.7 Å². The van der Waals surface area contributed by atoms with Crippen molar-refractivity contribution in [3.8, 4) is 0 Å². The number of ketones is 2. The van der Waals surface area contributed by atoms with E-state index in [0.717, 1.165) is 30.4 Å². The van der Waals surface area contributed by atoms with Crippen molar-refractivity contribution < 1.29 is 14.0 Å². The lowest BCUT2D eigenvalue weighted by atomic mass is 9.65. The van der Waals surface area contributed by atoms with Gasteiger partial charge in [0.15, 0.2) is 19.9 Å². The molecule has 0 unspecified atom stereocenters. The average molecular weight is 409 g/mol. The second-order valence-electron chi connectivity index (χ2n) is 10.7. The van der Waals surface area contributed by atoms with Gasteiger partial charge in [-0.05, 0) is 50.7 Å². The van der Waals surface area contributed by atoms with Crippen molar-refractivity contribution >= 4 is 19.9 Å². The zero-order valence-electron chi connectivity index (χ0n) is 18.5. The van der Waals surface area contributed by atoms with Crippen molar-refractivity contribution in [1.29, 1.82) is 0 Å². The summed E-state index contributed by atoms with van der Waals surface area (Å²) in [6.07, 6.45) is 5.41. The van der Waals surface area contributed by atoms with Gasteiger partial charge in [-0.15, -0.1) is 0 Å². The third-order valence-electron chi connectivity index (χ3n) is 7.47. The van der Waals surface area contributed by atoms with Crippen LogP contribution in [0.5, 0.6) is 0 Å². The number of benzene rings is 1. The molecule has 0 radical (unpaired) electrons. The minimum Gasteiger partial charge on any atom is -0.411 e. The van der Waals surface area contributed by atoms with E-state index in [0.29, 0.717) is 17.5 Å². The molecule has 2 atom stereocenters. The van der Waals surface area contributed by atoms with Crippen LogP contribution in [0.25, 0.3) is 0 Å². The first-order valence-corrected chi connectivity index (χ1v) is 13.6. The minimum atomic E-state index is -1.89. The monoisotopic (exact) mass is 408 g/mol. The van der Waals surface area contributed by atoms with E-state index >= 15 is 0 Å². The van der Waals surface area contributed by atoms with Gasteiger partial charge in [0.1, 0.15) is 0 Å². The van der Waals surface area contributed by atoms with E-state index in [-0.39, 0.29) is 28.1 Å². The van der Waals surface area contributed by atoms with Crippen molar-refractivity contribution in [2.24, 2.45) is 5.92 Å². The molecule has 154 valence electrons. The van der Waals surface area contributed by atoms with Crippen molar-refractivity contribution in [2.45, 2.75) is 77.1 Å². The molecule has 0 bridgehead atoms. The summed E-state index contributed by atoms with van der Waals surface area (Å²) in [4.78, 5) is 26.3. The Kier molecular flexibility index (Phi) is 4.67. The lowest BCUT2D eigenvalue weighted by Gasteiger charge is -2.48. The highest BCUT2D eigenvalue weighted by Gasteiger charge is 2.47. The van der Waals surface area contributed by atoms with Gasteiger partial charge < -0.3 is 4.43 Å². The van der Waals surface area contributed by atoms with Gasteiger partial charge in [-0.2, -0.15) is 0 Å². The van der Waals surface area contributed by atoms with Crippen LogP contribution in [0.4, 0.5) is 0 Å². The minimum absolute atomic E-state index is 0.0383. The van der Waals surface area contributed by atoms with Gasteiger partial charge in [0.05, 0.1) is 5.60 Å². The molecule has 1 saturated carbocycles. The molecule has 1 aromatic carbocycles. The predicted molar refractivity (Wildman–Crippen MR) is 119 cm³/mol. The summed E-state index contributed by atoms with van der Waals surface area (Å²) in [5, 5.41) is 0.166. The number of hydrogen-bond donors (Lipinski definition) is 0. The Balaban J connectivity index is 1.62. The third kappa shape index (κ3) is 3.30. The molecule has 4 heteroatoms. The number of hydrogen-bond acceptors (Lipinski definition) is 3. The maximum absolute atomic E-state index is 13.3. The van der Waals surface area contributed by atoms with E-state index in [2.05, 4.69) is 46.9 Å². The molecule has 0 aromatic heterocycles. The maximum atomic E-state index is 13.3. The summed E-state index contributed by atoms with van der Waals surface area (Å²) in [7, 11) is -1.89. The zero-order valence-corrected chi connectivity index (χ0v) is 19.5. The summed E-state index contributed by atoms with van der Waals surface area (Å²) in [6.45, 7) is 13.7. The molecular formula is C25H32O3Si. The SMILES string of the molecule is CC(C)(C)[Si](C)(C)O[C@]1(C)CC[C@H]2C(=CCC3=C2C(=O)c2ccccc2C3=O)C1. The van der Waals surface area contributed by atoms with Crippen LogP contribution in [0.1, 0.15) is 74.1 Å². The molecule has 1 aromatic rings. The van der Waals surface area contributed by atoms with Crippen LogP contribution < -0.4 is 0 Å². The molecule has 29 heavy (non-hydrogen) atoms. The normalized spacial score (nSPS) is 27.2. The van der Waals surface area contributed by atoms with Crippen molar-refractivity contribution in [2.75, 3.05) is 0 Å². The molecule has 0 spiro atoms. The van der Waals surface area contributed by atoms with E-state index in [1.54, 1.807) is 12.1 Å². The zero-order chi connectivity index (χ0) is 21.2. The highest BCUT2D eigenvalue weighted by atomic mass is 28.4. The van der Waals surface area contributed by atoms with Crippen LogP contribution in [-0.2, 0) is 4.43 Å². The van der Waals surface area contributed by atoms with Crippen molar-refractivity contribution in [3.05, 3.63) is 58.2 Å². The number of rotatable bonds is 2. The highest BCUT2D eigenvalue weighted by molar-refractivity contribution is 6.74. The number of carbonyl (C=O) groups is 2. The molecule has 0 heterocycles. The molecule has 0 aliphatic heterocycles. The lowest BCUT2D eigenvalue weighted by Crippen LogP contribution is -2.50. The maximum Gasteiger partial charge on any atom is 0.192 e. The fourth-order valence-corrected chi connectivity index (χ4v) is 6.64. The fraction of sp³-hybridized carbons (Fsp3) is 0.520. The van der Waals surface area contributed by atoms with Gasteiger partial charge in [0, 0.05) is 28.2 Å². The highest BCUT2D eigenvalue weighted by Crippen LogP contribution is 2.50. The molecule has 0 N–H and O–H groups in total. The molecule has 3 nitrogen and oxygen atoms in total. The predicted octanol–water partition coefficient (Wildman–Crippen LogP) is 6.27. The Bertz CT molecular complexity index is 961. The molecule has 0 saturated heterocycles. The van der Waals surface area contributed by atoms with Crippen LogP contribution in [-0.4, -0.2) is 25.5 Å². The average Bonchev–Trinajstić information content (AvgIpc) is 2.63. The summed E-state index contributed by atoms with van der Waals surface area (Å²) >= 11 is 0. The topological polar surface area (TPSA) is 43.4 Å². The van der Waals surface area contributed by atoms with Gasteiger partial charge in [0.2, 0.25) is 0 Å². The molecule has 1 fully saturated rings. The Morgan fingerprint density at radius 3 is 2.31 bits per heavy atom. The quantitative estimate of drug-likeness (QED) is 0.428. The molecular weight excluding hydrogens is 376 g/mol. The van der Waals surface area contributed by atoms with Gasteiger partial charge in [-0.25, -0.2) is 0 Å². The molecule has 3 aliphatic rings. The molecule has 0 amide bonds. The standard InChI is InChI=1S/C25H32O3Si/c1-24(2,3)29(5,6)28-25(4)14-13-17-16(15-25)11-12-20-21(17)23(27)19-10-8-7-9-18(19)22(20)26/h7-11,17H,12-15H2,1-6H3/t17-,25+/m0/s1. The Morgan fingerprint density at radius 1 is 1.07 bits per heavy atom. The van der Waals surface area contributed by atoms with Crippen LogP contribution in [0, 0.1) is 5.92 Å². The van der Waals surface area contributed by atoms with Crippen LogP contribution in [0.3, 0.4) is 0 Å². The molecule has 3 aliphatic carbocycles. The number of allylic oxidation sites excluding steroid dienone is 3. The Morgan fingerprint density at radius 2 is 1.69 bits per heavy atom. The van der Waals surface area contributed by atoms with E-state index in [1.165, 1.54) is 5.57 Å². The number of carbonyl (C=O) groups excluding carboxylic acids is 2. The van der Waals surface area contributed by atoms with Crippen LogP contribution in [0.2, 0.25) is 18.1 Å². The van der Waals surface area contributed by atoms with Crippen LogP contribution >= 0.6 is 0 Å².